The smallest absolute Gasteiger partial charge is 0.0743 e. The summed E-state index contributed by atoms with van der Waals surface area (Å²) in [7, 11) is 0. The molecule has 2 atom stereocenters. The van der Waals surface area contributed by atoms with E-state index in [0.29, 0.717) is 5.92 Å². The maximum atomic E-state index is 9.51. The Kier molecular flexibility index (Phi) is 5.13. The van der Waals surface area contributed by atoms with Gasteiger partial charge in [0.15, 0.2) is 0 Å². The van der Waals surface area contributed by atoms with E-state index >= 15 is 0 Å². The maximum Gasteiger partial charge on any atom is 0.0743 e. The number of aliphatic hydroxyl groups excluding tert-OH is 1. The summed E-state index contributed by atoms with van der Waals surface area (Å²) < 4.78 is 0. The summed E-state index contributed by atoms with van der Waals surface area (Å²) in [5.41, 5.74) is 1.37. The van der Waals surface area contributed by atoms with Crippen LogP contribution in [0.5, 0.6) is 0 Å². The van der Waals surface area contributed by atoms with Gasteiger partial charge in [-0.15, -0.1) is 6.58 Å². The highest BCUT2D eigenvalue weighted by atomic mass is 16.3. The average Bonchev–Trinajstić information content (AvgIpc) is 2.29. The fourth-order valence-corrected chi connectivity index (χ4v) is 1.68. The minimum Gasteiger partial charge on any atom is -0.389 e. The van der Waals surface area contributed by atoms with Gasteiger partial charge in [0, 0.05) is 0 Å². The molecule has 0 heterocycles. The number of benzene rings is 1. The summed E-state index contributed by atoms with van der Waals surface area (Å²) in [6.45, 7) is 5.66. The summed E-state index contributed by atoms with van der Waals surface area (Å²) in [6.07, 6.45) is 4.51. The van der Waals surface area contributed by atoms with Crippen molar-refractivity contribution in [3.05, 3.63) is 48.6 Å². The van der Waals surface area contributed by atoms with Gasteiger partial charge in [0.05, 0.1) is 6.10 Å². The zero-order valence-corrected chi connectivity index (χ0v) is 9.39. The first-order chi connectivity index (χ1) is 7.24. The van der Waals surface area contributed by atoms with Gasteiger partial charge in [0.25, 0.3) is 0 Å². The number of aliphatic hydroxyl groups is 1. The SMILES string of the molecule is C=CC(O)C(C)CCCc1ccccc1. The van der Waals surface area contributed by atoms with Crippen molar-refractivity contribution in [2.45, 2.75) is 32.3 Å². The van der Waals surface area contributed by atoms with Crippen molar-refractivity contribution in [1.82, 2.24) is 0 Å². The van der Waals surface area contributed by atoms with Gasteiger partial charge in [0.2, 0.25) is 0 Å². The van der Waals surface area contributed by atoms with E-state index in [2.05, 4.69) is 37.8 Å². The minimum atomic E-state index is -0.360. The molecule has 0 spiro atoms. The van der Waals surface area contributed by atoms with Gasteiger partial charge in [-0.05, 0) is 30.7 Å². The molecule has 15 heavy (non-hydrogen) atoms. The molecular formula is C14H20O. The molecule has 1 nitrogen and oxygen atoms in total. The molecule has 0 radical (unpaired) electrons. The van der Waals surface area contributed by atoms with Crippen LogP contribution >= 0.6 is 0 Å². The first-order valence-corrected chi connectivity index (χ1v) is 5.58. The Labute approximate surface area is 92.5 Å². The second-order valence-electron chi connectivity index (χ2n) is 4.08. The molecule has 0 fully saturated rings. The van der Waals surface area contributed by atoms with Crippen LogP contribution in [-0.4, -0.2) is 11.2 Å². The molecule has 0 bridgehead atoms. The second-order valence-corrected chi connectivity index (χ2v) is 4.08. The lowest BCUT2D eigenvalue weighted by Gasteiger charge is -2.14. The van der Waals surface area contributed by atoms with E-state index < -0.39 is 0 Å². The van der Waals surface area contributed by atoms with Gasteiger partial charge in [0.1, 0.15) is 0 Å². The molecule has 1 N–H and O–H groups in total. The van der Waals surface area contributed by atoms with E-state index in [1.165, 1.54) is 5.56 Å². The largest absolute Gasteiger partial charge is 0.389 e. The van der Waals surface area contributed by atoms with Gasteiger partial charge < -0.3 is 5.11 Å². The lowest BCUT2D eigenvalue weighted by atomic mass is 9.96. The molecule has 0 aliphatic heterocycles. The fraction of sp³-hybridized carbons (Fsp3) is 0.429. The highest BCUT2D eigenvalue weighted by molar-refractivity contribution is 5.14. The van der Waals surface area contributed by atoms with Crippen molar-refractivity contribution in [3.63, 3.8) is 0 Å². The number of hydrogen-bond donors (Lipinski definition) is 1. The van der Waals surface area contributed by atoms with Crippen molar-refractivity contribution >= 4 is 0 Å². The summed E-state index contributed by atoms with van der Waals surface area (Å²) in [5.74, 6) is 0.311. The predicted molar refractivity (Wildman–Crippen MR) is 64.7 cm³/mol. The van der Waals surface area contributed by atoms with Crippen LogP contribution in [0.25, 0.3) is 0 Å². The minimum absolute atomic E-state index is 0.311. The summed E-state index contributed by atoms with van der Waals surface area (Å²) in [6, 6.07) is 10.5. The van der Waals surface area contributed by atoms with Crippen molar-refractivity contribution in [2.24, 2.45) is 5.92 Å². The van der Waals surface area contributed by atoms with E-state index in [9.17, 15) is 5.11 Å². The van der Waals surface area contributed by atoms with Gasteiger partial charge in [-0.1, -0.05) is 43.3 Å². The lowest BCUT2D eigenvalue weighted by molar-refractivity contribution is 0.155. The van der Waals surface area contributed by atoms with Gasteiger partial charge in [-0.2, -0.15) is 0 Å². The van der Waals surface area contributed by atoms with Crippen LogP contribution < -0.4 is 0 Å². The molecule has 2 unspecified atom stereocenters. The normalized spacial score (nSPS) is 14.5. The Hall–Kier alpha value is -1.08. The summed E-state index contributed by atoms with van der Waals surface area (Å²) in [4.78, 5) is 0. The Balaban J connectivity index is 2.25. The van der Waals surface area contributed by atoms with Crippen LogP contribution in [0.1, 0.15) is 25.3 Å². The topological polar surface area (TPSA) is 20.2 Å². The second kappa shape index (κ2) is 6.41. The number of rotatable bonds is 6. The van der Waals surface area contributed by atoms with E-state index in [4.69, 9.17) is 0 Å². The molecule has 0 saturated carbocycles. The monoisotopic (exact) mass is 204 g/mol. The molecule has 1 heteroatoms. The molecule has 0 aliphatic carbocycles. The summed E-state index contributed by atoms with van der Waals surface area (Å²) in [5, 5.41) is 9.51. The zero-order valence-electron chi connectivity index (χ0n) is 9.39. The predicted octanol–water partition coefficient (Wildman–Crippen LogP) is 3.19. The quantitative estimate of drug-likeness (QED) is 0.705. The van der Waals surface area contributed by atoms with E-state index in [1.807, 2.05) is 6.07 Å². The van der Waals surface area contributed by atoms with Crippen molar-refractivity contribution in [3.8, 4) is 0 Å². The maximum absolute atomic E-state index is 9.51. The van der Waals surface area contributed by atoms with Crippen LogP contribution in [0.4, 0.5) is 0 Å². The first-order valence-electron chi connectivity index (χ1n) is 5.58. The molecule has 82 valence electrons. The highest BCUT2D eigenvalue weighted by Crippen LogP contribution is 2.14. The van der Waals surface area contributed by atoms with Gasteiger partial charge >= 0.3 is 0 Å². The lowest BCUT2D eigenvalue weighted by Crippen LogP contribution is -2.14. The number of hydrogen-bond acceptors (Lipinski definition) is 1. The Bertz CT molecular complexity index is 279. The van der Waals surface area contributed by atoms with Crippen LogP contribution in [0.2, 0.25) is 0 Å². The molecule has 1 aromatic carbocycles. The third kappa shape index (κ3) is 4.30. The summed E-state index contributed by atoms with van der Waals surface area (Å²) >= 11 is 0. The zero-order chi connectivity index (χ0) is 11.1. The molecule has 1 rings (SSSR count). The Morgan fingerprint density at radius 2 is 2.00 bits per heavy atom. The third-order valence-corrected chi connectivity index (χ3v) is 2.79. The van der Waals surface area contributed by atoms with Gasteiger partial charge in [-0.3, -0.25) is 0 Å². The number of aryl methyl sites for hydroxylation is 1. The third-order valence-electron chi connectivity index (χ3n) is 2.79. The van der Waals surface area contributed by atoms with Crippen LogP contribution in [0.3, 0.4) is 0 Å². The molecule has 0 saturated heterocycles. The van der Waals surface area contributed by atoms with E-state index in [1.54, 1.807) is 6.08 Å². The fourth-order valence-electron chi connectivity index (χ4n) is 1.68. The van der Waals surface area contributed by atoms with Crippen LogP contribution in [0.15, 0.2) is 43.0 Å². The van der Waals surface area contributed by atoms with E-state index in [-0.39, 0.29) is 6.10 Å². The van der Waals surface area contributed by atoms with Crippen molar-refractivity contribution < 1.29 is 5.11 Å². The molecule has 1 aromatic rings. The van der Waals surface area contributed by atoms with Crippen molar-refractivity contribution in [2.75, 3.05) is 0 Å². The first kappa shape index (κ1) is 12.0. The standard InChI is InChI=1S/C14H20O/c1-3-14(15)12(2)8-7-11-13-9-5-4-6-10-13/h3-6,9-10,12,14-15H,1,7-8,11H2,2H3. The Morgan fingerprint density at radius 1 is 1.33 bits per heavy atom. The highest BCUT2D eigenvalue weighted by Gasteiger charge is 2.09. The molecule has 0 amide bonds. The molecule has 0 aromatic heterocycles. The molecular weight excluding hydrogens is 184 g/mol. The van der Waals surface area contributed by atoms with Gasteiger partial charge in [-0.25, -0.2) is 0 Å². The van der Waals surface area contributed by atoms with E-state index in [0.717, 1.165) is 19.3 Å². The average molecular weight is 204 g/mol. The van der Waals surface area contributed by atoms with Crippen LogP contribution in [0, 0.1) is 5.92 Å². The molecule has 0 aliphatic rings. The Morgan fingerprint density at radius 3 is 2.60 bits per heavy atom. The van der Waals surface area contributed by atoms with Crippen molar-refractivity contribution in [1.29, 1.82) is 0 Å². The van der Waals surface area contributed by atoms with Crippen LogP contribution in [-0.2, 0) is 6.42 Å².